The summed E-state index contributed by atoms with van der Waals surface area (Å²) in [6, 6.07) is -0.580. The fraction of sp³-hybridized carbons (Fsp3) is 0.333. The van der Waals surface area contributed by atoms with Crippen LogP contribution in [0.25, 0.3) is 0 Å². The van der Waals surface area contributed by atoms with Crippen LogP contribution >= 0.6 is 11.3 Å². The average Bonchev–Trinajstić information content (AvgIpc) is 2.64. The van der Waals surface area contributed by atoms with Crippen LogP contribution in [-0.2, 0) is 14.6 Å². The quantitative estimate of drug-likeness (QED) is 0.610. The number of aliphatic carboxylic acids is 1. The molecular formula is C6H8N4O5S2. The van der Waals surface area contributed by atoms with Crippen LogP contribution in [0.2, 0.25) is 0 Å². The number of urea groups is 1. The summed E-state index contributed by atoms with van der Waals surface area (Å²) < 4.78 is 22.4. The first-order valence-corrected chi connectivity index (χ1v) is 6.59. The van der Waals surface area contributed by atoms with E-state index in [9.17, 15) is 18.0 Å². The molecule has 0 atom stereocenters. The number of nitrogens with one attached hydrogen (secondary N) is 2. The van der Waals surface area contributed by atoms with Gasteiger partial charge in [-0.1, -0.05) is 11.3 Å². The number of carboxylic acid groups (broad SMARTS) is 1. The Balaban J connectivity index is 2.88. The number of anilines is 1. The Labute approximate surface area is 99.8 Å². The lowest BCUT2D eigenvalue weighted by Crippen LogP contribution is -2.24. The molecule has 0 spiro atoms. The summed E-state index contributed by atoms with van der Waals surface area (Å²) >= 11 is 0.580. The Kier molecular flexibility index (Phi) is 3.96. The van der Waals surface area contributed by atoms with Crippen LogP contribution in [0.15, 0.2) is 4.34 Å². The van der Waals surface area contributed by atoms with Gasteiger partial charge in [0, 0.05) is 7.05 Å². The van der Waals surface area contributed by atoms with Gasteiger partial charge in [0.05, 0.1) is 0 Å². The Morgan fingerprint density at radius 3 is 2.59 bits per heavy atom. The minimum atomic E-state index is -4.01. The monoisotopic (exact) mass is 280 g/mol. The van der Waals surface area contributed by atoms with Crippen molar-refractivity contribution in [3.63, 3.8) is 0 Å². The summed E-state index contributed by atoms with van der Waals surface area (Å²) in [6.07, 6.45) is 0. The van der Waals surface area contributed by atoms with Gasteiger partial charge in [-0.3, -0.25) is 10.1 Å². The van der Waals surface area contributed by atoms with E-state index in [1.54, 1.807) is 0 Å². The molecule has 11 heteroatoms. The highest BCUT2D eigenvalue weighted by Crippen LogP contribution is 2.20. The molecule has 0 fully saturated rings. The van der Waals surface area contributed by atoms with Gasteiger partial charge in [-0.15, -0.1) is 10.2 Å². The SMILES string of the molecule is CNC(=O)Nc1nnc(S(=O)(=O)CC(=O)O)s1. The second-order valence-electron chi connectivity index (χ2n) is 2.73. The zero-order valence-corrected chi connectivity index (χ0v) is 10.1. The van der Waals surface area contributed by atoms with E-state index in [4.69, 9.17) is 5.11 Å². The predicted molar refractivity (Wildman–Crippen MR) is 57.7 cm³/mol. The van der Waals surface area contributed by atoms with Gasteiger partial charge in [-0.05, 0) is 0 Å². The molecule has 0 bridgehead atoms. The summed E-state index contributed by atoms with van der Waals surface area (Å²) in [5.74, 6) is -2.55. The van der Waals surface area contributed by atoms with Crippen molar-refractivity contribution in [2.75, 3.05) is 18.1 Å². The van der Waals surface area contributed by atoms with Crippen LogP contribution in [0.1, 0.15) is 0 Å². The molecular weight excluding hydrogens is 272 g/mol. The molecule has 0 aliphatic carbocycles. The predicted octanol–water partition coefficient (Wildman–Crippen LogP) is -0.852. The Morgan fingerprint density at radius 1 is 1.41 bits per heavy atom. The van der Waals surface area contributed by atoms with Crippen LogP contribution < -0.4 is 10.6 Å². The van der Waals surface area contributed by atoms with Gasteiger partial charge in [0.1, 0.15) is 0 Å². The first kappa shape index (κ1) is 13.3. The van der Waals surface area contributed by atoms with E-state index in [0.29, 0.717) is 11.3 Å². The number of amides is 2. The van der Waals surface area contributed by atoms with Crippen LogP contribution in [0, 0.1) is 0 Å². The van der Waals surface area contributed by atoms with Crippen molar-refractivity contribution < 1.29 is 23.1 Å². The smallest absolute Gasteiger partial charge is 0.320 e. The maximum absolute atomic E-state index is 11.4. The average molecular weight is 280 g/mol. The number of hydrogen-bond acceptors (Lipinski definition) is 7. The first-order chi connectivity index (χ1) is 7.85. The van der Waals surface area contributed by atoms with E-state index in [-0.39, 0.29) is 5.13 Å². The summed E-state index contributed by atoms with van der Waals surface area (Å²) in [4.78, 5) is 21.2. The van der Waals surface area contributed by atoms with Crippen molar-refractivity contribution in [1.82, 2.24) is 15.5 Å². The molecule has 0 radical (unpaired) electrons. The van der Waals surface area contributed by atoms with Crippen molar-refractivity contribution in [1.29, 1.82) is 0 Å². The Hall–Kier alpha value is -1.75. The third-order valence-corrected chi connectivity index (χ3v) is 4.32. The number of carbonyl (C=O) groups is 2. The number of nitrogens with zero attached hydrogens (tertiary/aromatic N) is 2. The van der Waals surface area contributed by atoms with Gasteiger partial charge >= 0.3 is 12.0 Å². The molecule has 1 aromatic heterocycles. The molecule has 1 rings (SSSR count). The third kappa shape index (κ3) is 3.64. The lowest BCUT2D eigenvalue weighted by Gasteiger charge is -1.96. The third-order valence-electron chi connectivity index (χ3n) is 1.43. The van der Waals surface area contributed by atoms with Gasteiger partial charge in [-0.2, -0.15) is 0 Å². The molecule has 0 aliphatic rings. The molecule has 9 nitrogen and oxygen atoms in total. The van der Waals surface area contributed by atoms with Gasteiger partial charge in [0.15, 0.2) is 5.75 Å². The summed E-state index contributed by atoms with van der Waals surface area (Å²) in [5, 5.41) is 19.5. The van der Waals surface area contributed by atoms with Crippen molar-refractivity contribution in [2.24, 2.45) is 0 Å². The lowest BCUT2D eigenvalue weighted by molar-refractivity contribution is -0.134. The number of sulfone groups is 1. The minimum Gasteiger partial charge on any atom is -0.480 e. The second kappa shape index (κ2) is 5.05. The number of carboxylic acids is 1. The highest BCUT2D eigenvalue weighted by atomic mass is 32.2. The first-order valence-electron chi connectivity index (χ1n) is 4.12. The van der Waals surface area contributed by atoms with E-state index in [1.165, 1.54) is 7.05 Å². The van der Waals surface area contributed by atoms with Gasteiger partial charge in [0.25, 0.3) is 0 Å². The van der Waals surface area contributed by atoms with Crippen molar-refractivity contribution >= 4 is 38.3 Å². The molecule has 94 valence electrons. The minimum absolute atomic E-state index is 0.0340. The lowest BCUT2D eigenvalue weighted by atomic mass is 10.8. The molecule has 2 amide bonds. The second-order valence-corrected chi connectivity index (χ2v) is 5.87. The van der Waals surface area contributed by atoms with Crippen LogP contribution in [0.5, 0.6) is 0 Å². The van der Waals surface area contributed by atoms with Crippen LogP contribution in [0.3, 0.4) is 0 Å². The molecule has 0 aromatic carbocycles. The molecule has 17 heavy (non-hydrogen) atoms. The van der Waals surface area contributed by atoms with E-state index in [1.807, 2.05) is 0 Å². The summed E-state index contributed by atoms with van der Waals surface area (Å²) in [6.45, 7) is 0. The number of carbonyl (C=O) groups excluding carboxylic acids is 1. The molecule has 0 unspecified atom stereocenters. The number of hydrogen-bond donors (Lipinski definition) is 3. The van der Waals surface area contributed by atoms with E-state index < -0.39 is 31.9 Å². The largest absolute Gasteiger partial charge is 0.480 e. The zero-order chi connectivity index (χ0) is 13.1. The molecule has 0 saturated heterocycles. The molecule has 0 saturated carbocycles. The maximum atomic E-state index is 11.4. The summed E-state index contributed by atoms with van der Waals surface area (Å²) in [7, 11) is -2.63. The van der Waals surface area contributed by atoms with Crippen LogP contribution in [-0.4, -0.2) is 48.5 Å². The van der Waals surface area contributed by atoms with E-state index in [2.05, 4.69) is 20.8 Å². The fourth-order valence-electron chi connectivity index (χ4n) is 0.770. The van der Waals surface area contributed by atoms with Gasteiger partial charge in [0.2, 0.25) is 19.3 Å². The normalized spacial score (nSPS) is 10.9. The highest BCUT2D eigenvalue weighted by molar-refractivity contribution is 7.94. The Bertz CT molecular complexity index is 536. The number of rotatable bonds is 4. The summed E-state index contributed by atoms with van der Waals surface area (Å²) in [5.41, 5.74) is 0. The van der Waals surface area contributed by atoms with E-state index >= 15 is 0 Å². The zero-order valence-electron chi connectivity index (χ0n) is 8.50. The van der Waals surface area contributed by atoms with Gasteiger partial charge < -0.3 is 10.4 Å². The molecule has 3 N–H and O–H groups in total. The Morgan fingerprint density at radius 2 is 2.06 bits per heavy atom. The fourth-order valence-corrected chi connectivity index (χ4v) is 2.78. The van der Waals surface area contributed by atoms with Crippen molar-refractivity contribution in [2.45, 2.75) is 4.34 Å². The number of aromatic nitrogens is 2. The standard InChI is InChI=1S/C6H8N4O5S2/c1-7-4(13)8-5-9-10-6(16-5)17(14,15)2-3(11)12/h2H2,1H3,(H,11,12)(H2,7,8,9,13). The topological polar surface area (TPSA) is 138 Å². The van der Waals surface area contributed by atoms with E-state index in [0.717, 1.165) is 0 Å². The van der Waals surface area contributed by atoms with Crippen molar-refractivity contribution in [3.05, 3.63) is 0 Å². The molecule has 1 aromatic rings. The molecule has 1 heterocycles. The highest BCUT2D eigenvalue weighted by Gasteiger charge is 2.24. The van der Waals surface area contributed by atoms with Gasteiger partial charge in [-0.25, -0.2) is 13.2 Å². The van der Waals surface area contributed by atoms with Crippen LogP contribution in [0.4, 0.5) is 9.93 Å². The molecule has 0 aliphatic heterocycles. The maximum Gasteiger partial charge on any atom is 0.320 e. The van der Waals surface area contributed by atoms with Crippen molar-refractivity contribution in [3.8, 4) is 0 Å².